The fourth-order valence-corrected chi connectivity index (χ4v) is 2.03. The number of ether oxygens (including phenoxy) is 1. The Hall–Kier alpha value is -3.15. The lowest BCUT2D eigenvalue weighted by atomic mass is 10.2. The average Bonchev–Trinajstić information content (AvgIpc) is 3.09. The molecule has 6 heteroatoms. The van der Waals surface area contributed by atoms with Gasteiger partial charge in [-0.3, -0.25) is 4.79 Å². The summed E-state index contributed by atoms with van der Waals surface area (Å²) >= 11 is 0. The molecule has 3 aromatic rings. The Labute approximate surface area is 138 Å². The topological polar surface area (TPSA) is 64.4 Å². The van der Waals surface area contributed by atoms with Crippen LogP contribution in [0, 0.1) is 5.82 Å². The van der Waals surface area contributed by atoms with Crippen molar-refractivity contribution in [1.82, 2.24) is 10.3 Å². The molecule has 0 aliphatic heterocycles. The molecule has 0 aliphatic rings. The van der Waals surface area contributed by atoms with Crippen molar-refractivity contribution < 1.29 is 18.3 Å². The first-order valence-corrected chi connectivity index (χ1v) is 7.35. The number of benzene rings is 2. The Balaban J connectivity index is 1.52. The standard InChI is InChI=1S/C18H15FN2O3/c19-14-6-8-15(9-7-14)23-12-17-21-16(11-24-17)18(22)20-10-13-4-2-1-3-5-13/h1-9,11H,10,12H2,(H,20,22). The van der Waals surface area contributed by atoms with Gasteiger partial charge in [0.1, 0.15) is 17.8 Å². The molecule has 1 aromatic heterocycles. The summed E-state index contributed by atoms with van der Waals surface area (Å²) in [5.74, 6) is 0.0975. The highest BCUT2D eigenvalue weighted by Gasteiger charge is 2.12. The van der Waals surface area contributed by atoms with Crippen LogP contribution >= 0.6 is 0 Å². The highest BCUT2D eigenvalue weighted by molar-refractivity contribution is 5.91. The Bertz CT molecular complexity index is 801. The van der Waals surface area contributed by atoms with Crippen LogP contribution in [0.25, 0.3) is 0 Å². The molecule has 5 nitrogen and oxygen atoms in total. The summed E-state index contributed by atoms with van der Waals surface area (Å²) in [4.78, 5) is 16.1. The second kappa shape index (κ2) is 7.41. The number of halogens is 1. The van der Waals surface area contributed by atoms with Crippen LogP contribution in [0.3, 0.4) is 0 Å². The third-order valence-electron chi connectivity index (χ3n) is 3.26. The van der Waals surface area contributed by atoms with Gasteiger partial charge in [0.15, 0.2) is 12.3 Å². The predicted molar refractivity (Wildman–Crippen MR) is 84.8 cm³/mol. The quantitative estimate of drug-likeness (QED) is 0.755. The molecule has 0 radical (unpaired) electrons. The third-order valence-corrected chi connectivity index (χ3v) is 3.26. The first kappa shape index (κ1) is 15.7. The molecular weight excluding hydrogens is 311 g/mol. The molecule has 0 bridgehead atoms. The first-order valence-electron chi connectivity index (χ1n) is 7.35. The molecule has 0 saturated carbocycles. The van der Waals surface area contributed by atoms with Gasteiger partial charge in [-0.1, -0.05) is 30.3 Å². The van der Waals surface area contributed by atoms with Gasteiger partial charge in [0.05, 0.1) is 0 Å². The van der Waals surface area contributed by atoms with Crippen LogP contribution in [0.1, 0.15) is 21.9 Å². The van der Waals surface area contributed by atoms with Crippen molar-refractivity contribution in [2.24, 2.45) is 0 Å². The maximum atomic E-state index is 12.8. The number of nitrogens with zero attached hydrogens (tertiary/aromatic N) is 1. The fourth-order valence-electron chi connectivity index (χ4n) is 2.03. The lowest BCUT2D eigenvalue weighted by molar-refractivity contribution is 0.0946. The number of nitrogens with one attached hydrogen (secondary N) is 1. The highest BCUT2D eigenvalue weighted by Crippen LogP contribution is 2.13. The summed E-state index contributed by atoms with van der Waals surface area (Å²) in [7, 11) is 0. The molecule has 122 valence electrons. The Morgan fingerprint density at radius 1 is 1.12 bits per heavy atom. The highest BCUT2D eigenvalue weighted by atomic mass is 19.1. The lowest BCUT2D eigenvalue weighted by Gasteiger charge is -2.03. The van der Waals surface area contributed by atoms with Crippen molar-refractivity contribution >= 4 is 5.91 Å². The van der Waals surface area contributed by atoms with Crippen molar-refractivity contribution in [2.75, 3.05) is 0 Å². The Kier molecular flexibility index (Phi) is 4.86. The number of amides is 1. The molecule has 0 unspecified atom stereocenters. The van der Waals surface area contributed by atoms with Crippen LogP contribution in [-0.4, -0.2) is 10.9 Å². The minimum atomic E-state index is -0.337. The number of hydrogen-bond acceptors (Lipinski definition) is 4. The number of carbonyl (C=O) groups excluding carboxylic acids is 1. The van der Waals surface area contributed by atoms with Gasteiger partial charge in [-0.05, 0) is 29.8 Å². The van der Waals surface area contributed by atoms with Crippen LogP contribution < -0.4 is 10.1 Å². The van der Waals surface area contributed by atoms with Gasteiger partial charge in [-0.15, -0.1) is 0 Å². The molecule has 3 rings (SSSR count). The number of carbonyl (C=O) groups is 1. The predicted octanol–water partition coefficient (Wildman–Crippen LogP) is 3.32. The molecule has 1 heterocycles. The second-order valence-electron chi connectivity index (χ2n) is 5.04. The zero-order valence-electron chi connectivity index (χ0n) is 12.7. The van der Waals surface area contributed by atoms with E-state index in [2.05, 4.69) is 10.3 Å². The summed E-state index contributed by atoms with van der Waals surface area (Å²) in [5.41, 5.74) is 1.18. The van der Waals surface area contributed by atoms with Crippen LogP contribution in [0.5, 0.6) is 5.75 Å². The first-order chi connectivity index (χ1) is 11.7. The van der Waals surface area contributed by atoms with Crippen molar-refractivity contribution in [3.8, 4) is 5.75 Å². The van der Waals surface area contributed by atoms with E-state index in [0.717, 1.165) is 5.56 Å². The second-order valence-corrected chi connectivity index (χ2v) is 5.04. The van der Waals surface area contributed by atoms with Crippen molar-refractivity contribution in [3.63, 3.8) is 0 Å². The molecule has 2 aromatic carbocycles. The zero-order chi connectivity index (χ0) is 16.8. The van der Waals surface area contributed by atoms with E-state index in [1.807, 2.05) is 30.3 Å². The SMILES string of the molecule is O=C(NCc1ccccc1)c1coc(COc2ccc(F)cc2)n1. The van der Waals surface area contributed by atoms with Gasteiger partial charge < -0.3 is 14.5 Å². The minimum Gasteiger partial charge on any atom is -0.484 e. The van der Waals surface area contributed by atoms with Crippen LogP contribution in [-0.2, 0) is 13.2 Å². The average molecular weight is 326 g/mol. The van der Waals surface area contributed by atoms with Gasteiger partial charge in [0.25, 0.3) is 5.91 Å². The van der Waals surface area contributed by atoms with E-state index in [0.29, 0.717) is 12.3 Å². The number of aromatic nitrogens is 1. The molecule has 1 N–H and O–H groups in total. The monoisotopic (exact) mass is 326 g/mol. The maximum Gasteiger partial charge on any atom is 0.273 e. The molecule has 0 spiro atoms. The van der Waals surface area contributed by atoms with E-state index in [-0.39, 0.29) is 29.9 Å². The van der Waals surface area contributed by atoms with Gasteiger partial charge in [0, 0.05) is 6.54 Å². The van der Waals surface area contributed by atoms with Crippen LogP contribution in [0.15, 0.2) is 65.3 Å². The van der Waals surface area contributed by atoms with E-state index in [1.54, 1.807) is 0 Å². The van der Waals surface area contributed by atoms with Crippen LogP contribution in [0.4, 0.5) is 4.39 Å². The zero-order valence-corrected chi connectivity index (χ0v) is 12.7. The van der Waals surface area contributed by atoms with Gasteiger partial charge in [-0.25, -0.2) is 9.37 Å². The molecule has 0 saturated heterocycles. The summed E-state index contributed by atoms with van der Waals surface area (Å²) in [6, 6.07) is 15.2. The summed E-state index contributed by atoms with van der Waals surface area (Å²) in [6.07, 6.45) is 1.28. The number of rotatable bonds is 6. The van der Waals surface area contributed by atoms with E-state index < -0.39 is 0 Å². The molecule has 0 fully saturated rings. The van der Waals surface area contributed by atoms with Crippen LogP contribution in [0.2, 0.25) is 0 Å². The minimum absolute atomic E-state index is 0.0532. The smallest absolute Gasteiger partial charge is 0.273 e. The Morgan fingerprint density at radius 3 is 2.62 bits per heavy atom. The Morgan fingerprint density at radius 2 is 1.88 bits per heavy atom. The van der Waals surface area contributed by atoms with Gasteiger partial charge in [0.2, 0.25) is 5.89 Å². The lowest BCUT2D eigenvalue weighted by Crippen LogP contribution is -2.23. The number of oxazole rings is 1. The van der Waals surface area contributed by atoms with Crippen molar-refractivity contribution in [2.45, 2.75) is 13.2 Å². The summed E-state index contributed by atoms with van der Waals surface area (Å²) < 4.78 is 23.4. The third kappa shape index (κ3) is 4.19. The molecule has 1 amide bonds. The van der Waals surface area contributed by atoms with Crippen molar-refractivity contribution in [3.05, 3.63) is 83.8 Å². The van der Waals surface area contributed by atoms with Gasteiger partial charge >= 0.3 is 0 Å². The molecule has 24 heavy (non-hydrogen) atoms. The largest absolute Gasteiger partial charge is 0.484 e. The maximum absolute atomic E-state index is 12.8. The van der Waals surface area contributed by atoms with Crippen molar-refractivity contribution in [1.29, 1.82) is 0 Å². The van der Waals surface area contributed by atoms with Gasteiger partial charge in [-0.2, -0.15) is 0 Å². The van der Waals surface area contributed by atoms with E-state index in [1.165, 1.54) is 30.5 Å². The molecule has 0 atom stereocenters. The van der Waals surface area contributed by atoms with E-state index in [9.17, 15) is 9.18 Å². The van der Waals surface area contributed by atoms with E-state index >= 15 is 0 Å². The molecule has 0 aliphatic carbocycles. The van der Waals surface area contributed by atoms with E-state index in [4.69, 9.17) is 9.15 Å². The number of hydrogen-bond donors (Lipinski definition) is 1. The summed E-state index contributed by atoms with van der Waals surface area (Å²) in [5, 5.41) is 2.76. The fraction of sp³-hybridized carbons (Fsp3) is 0.111. The summed E-state index contributed by atoms with van der Waals surface area (Å²) in [6.45, 7) is 0.464. The normalized spacial score (nSPS) is 10.4. The molecular formula is C18H15FN2O3.